The quantitative estimate of drug-likeness (QED) is 0.505. The summed E-state index contributed by atoms with van der Waals surface area (Å²) in [6.45, 7) is 3.65. The maximum atomic E-state index is 12.5. The summed E-state index contributed by atoms with van der Waals surface area (Å²) in [6.07, 6.45) is 0. The molecule has 0 unspecified atom stereocenters. The number of hydrogen-bond donors (Lipinski definition) is 1. The first-order valence-electron chi connectivity index (χ1n) is 7.19. The van der Waals surface area contributed by atoms with Gasteiger partial charge in [-0.1, -0.05) is 17.7 Å². The third-order valence-corrected chi connectivity index (χ3v) is 3.78. The van der Waals surface area contributed by atoms with Gasteiger partial charge in [-0.3, -0.25) is 14.9 Å². The summed E-state index contributed by atoms with van der Waals surface area (Å²) >= 11 is 6.16. The topological polar surface area (TPSA) is 98.5 Å². The number of methoxy groups -OCH3 is 1. The number of nitro groups is 1. The van der Waals surface area contributed by atoms with Gasteiger partial charge >= 0.3 is 5.97 Å². The molecular weight excluding hydrogens is 348 g/mol. The van der Waals surface area contributed by atoms with Crippen molar-refractivity contribution in [3.8, 4) is 0 Å². The van der Waals surface area contributed by atoms with Gasteiger partial charge in [0.2, 0.25) is 0 Å². The molecule has 1 amide bonds. The lowest BCUT2D eigenvalue weighted by molar-refractivity contribution is -0.384. The second-order valence-corrected chi connectivity index (χ2v) is 5.82. The summed E-state index contributed by atoms with van der Waals surface area (Å²) < 4.78 is 4.56. The van der Waals surface area contributed by atoms with Gasteiger partial charge in [0, 0.05) is 17.7 Å². The van der Waals surface area contributed by atoms with E-state index in [4.69, 9.17) is 11.6 Å². The lowest BCUT2D eigenvalue weighted by Crippen LogP contribution is -2.15. The summed E-state index contributed by atoms with van der Waals surface area (Å²) in [5.74, 6) is -1.40. The summed E-state index contributed by atoms with van der Waals surface area (Å²) in [4.78, 5) is 34.5. The van der Waals surface area contributed by atoms with Crippen LogP contribution < -0.4 is 5.32 Å². The van der Waals surface area contributed by atoms with Gasteiger partial charge in [0.05, 0.1) is 28.3 Å². The third-order valence-electron chi connectivity index (χ3n) is 3.48. The second-order valence-electron chi connectivity index (χ2n) is 5.41. The van der Waals surface area contributed by atoms with Gasteiger partial charge in [-0.2, -0.15) is 0 Å². The Morgan fingerprint density at radius 2 is 1.76 bits per heavy atom. The van der Waals surface area contributed by atoms with E-state index < -0.39 is 16.8 Å². The molecule has 8 heteroatoms. The molecule has 0 radical (unpaired) electrons. The average molecular weight is 363 g/mol. The van der Waals surface area contributed by atoms with Crippen LogP contribution in [0.4, 0.5) is 11.4 Å². The van der Waals surface area contributed by atoms with Crippen LogP contribution in [0.2, 0.25) is 5.02 Å². The molecule has 0 atom stereocenters. The molecule has 0 saturated heterocycles. The summed E-state index contributed by atoms with van der Waals surface area (Å²) in [7, 11) is 1.15. The maximum absolute atomic E-state index is 12.5. The molecule has 0 spiro atoms. The van der Waals surface area contributed by atoms with Gasteiger partial charge < -0.3 is 10.1 Å². The highest BCUT2D eigenvalue weighted by atomic mass is 35.5. The number of halogens is 1. The first-order valence-corrected chi connectivity index (χ1v) is 7.56. The Morgan fingerprint density at radius 1 is 1.12 bits per heavy atom. The minimum atomic E-state index is -0.776. The first kappa shape index (κ1) is 18.4. The number of aryl methyl sites for hydroxylation is 2. The molecular formula is C17H15ClN2O5. The Bertz CT molecular complexity index is 856. The van der Waals surface area contributed by atoms with Gasteiger partial charge in [-0.15, -0.1) is 0 Å². The van der Waals surface area contributed by atoms with Crippen LogP contribution in [0, 0.1) is 24.0 Å². The van der Waals surface area contributed by atoms with E-state index in [9.17, 15) is 19.7 Å². The molecule has 0 aliphatic carbocycles. The van der Waals surface area contributed by atoms with Gasteiger partial charge in [0.15, 0.2) is 0 Å². The van der Waals surface area contributed by atoms with Crippen LogP contribution in [0.1, 0.15) is 31.8 Å². The molecule has 0 heterocycles. The van der Waals surface area contributed by atoms with Gasteiger partial charge in [-0.25, -0.2) is 4.79 Å². The molecule has 7 nitrogen and oxygen atoms in total. The molecule has 1 N–H and O–H groups in total. The number of non-ortho nitro benzene ring substituents is 1. The average Bonchev–Trinajstić information content (AvgIpc) is 2.56. The minimum Gasteiger partial charge on any atom is -0.465 e. The molecule has 2 aromatic carbocycles. The number of amides is 1. The monoisotopic (exact) mass is 362 g/mol. The van der Waals surface area contributed by atoms with E-state index in [2.05, 4.69) is 10.1 Å². The molecule has 130 valence electrons. The number of ether oxygens (including phenoxy) is 1. The van der Waals surface area contributed by atoms with Crippen LogP contribution in [-0.4, -0.2) is 23.9 Å². The Kier molecular flexibility index (Phi) is 5.38. The third kappa shape index (κ3) is 4.13. The zero-order chi connectivity index (χ0) is 18.7. The Hall–Kier alpha value is -2.93. The maximum Gasteiger partial charge on any atom is 0.338 e. The van der Waals surface area contributed by atoms with E-state index in [0.29, 0.717) is 10.7 Å². The summed E-state index contributed by atoms with van der Waals surface area (Å²) in [5.41, 5.74) is 1.56. The van der Waals surface area contributed by atoms with Gasteiger partial charge in [0.25, 0.3) is 11.6 Å². The molecule has 0 aliphatic heterocycles. The van der Waals surface area contributed by atoms with Crippen molar-refractivity contribution >= 4 is 34.9 Å². The fourth-order valence-corrected chi connectivity index (χ4v) is 2.71. The number of nitrogens with zero attached hydrogens (tertiary/aromatic N) is 1. The standard InChI is InChI=1S/C17H15ClN2O5/c1-9-4-10(2)15(14(18)5-9)19-16(21)11-6-12(17(22)25-3)8-13(7-11)20(23)24/h4-8H,1-3H3,(H,19,21). The molecule has 0 fully saturated rings. The summed E-state index contributed by atoms with van der Waals surface area (Å²) in [6, 6.07) is 6.89. The lowest BCUT2D eigenvalue weighted by atomic mass is 10.1. The van der Waals surface area contributed by atoms with E-state index >= 15 is 0 Å². The number of nitrogens with one attached hydrogen (secondary N) is 1. The second kappa shape index (κ2) is 7.31. The van der Waals surface area contributed by atoms with Crippen molar-refractivity contribution in [2.24, 2.45) is 0 Å². The lowest BCUT2D eigenvalue weighted by Gasteiger charge is -2.12. The van der Waals surface area contributed by atoms with Crippen molar-refractivity contribution in [3.63, 3.8) is 0 Å². The number of hydrogen-bond acceptors (Lipinski definition) is 5. The van der Waals surface area contributed by atoms with E-state index in [1.807, 2.05) is 13.0 Å². The van der Waals surface area contributed by atoms with E-state index in [0.717, 1.165) is 30.4 Å². The van der Waals surface area contributed by atoms with Crippen molar-refractivity contribution in [2.45, 2.75) is 13.8 Å². The smallest absolute Gasteiger partial charge is 0.338 e. The highest BCUT2D eigenvalue weighted by Gasteiger charge is 2.19. The zero-order valence-corrected chi connectivity index (χ0v) is 14.5. The van der Waals surface area contributed by atoms with Crippen molar-refractivity contribution < 1.29 is 19.2 Å². The van der Waals surface area contributed by atoms with Gasteiger partial charge in [-0.05, 0) is 37.1 Å². The van der Waals surface area contributed by atoms with Crippen molar-refractivity contribution in [2.75, 3.05) is 12.4 Å². The number of carbonyl (C=O) groups excluding carboxylic acids is 2. The highest BCUT2D eigenvalue weighted by molar-refractivity contribution is 6.34. The van der Waals surface area contributed by atoms with Crippen molar-refractivity contribution in [1.29, 1.82) is 0 Å². The molecule has 25 heavy (non-hydrogen) atoms. The molecule has 2 rings (SSSR count). The van der Waals surface area contributed by atoms with E-state index in [1.54, 1.807) is 13.0 Å². The summed E-state index contributed by atoms with van der Waals surface area (Å²) in [5, 5.41) is 14.0. The van der Waals surface area contributed by atoms with Crippen LogP contribution in [-0.2, 0) is 4.74 Å². The molecule has 0 bridgehead atoms. The molecule has 2 aromatic rings. The van der Waals surface area contributed by atoms with E-state index in [-0.39, 0.29) is 16.8 Å². The number of benzene rings is 2. The fourth-order valence-electron chi connectivity index (χ4n) is 2.34. The molecule has 0 aromatic heterocycles. The molecule has 0 aliphatic rings. The predicted molar refractivity (Wildman–Crippen MR) is 93.3 cm³/mol. The normalized spacial score (nSPS) is 10.2. The number of anilines is 1. The minimum absolute atomic E-state index is 0.0503. The van der Waals surface area contributed by atoms with Crippen molar-refractivity contribution in [1.82, 2.24) is 0 Å². The Labute approximate surface area is 148 Å². The van der Waals surface area contributed by atoms with E-state index in [1.165, 1.54) is 6.07 Å². The van der Waals surface area contributed by atoms with Gasteiger partial charge in [0.1, 0.15) is 0 Å². The van der Waals surface area contributed by atoms with Crippen LogP contribution in [0.5, 0.6) is 0 Å². The Balaban J connectivity index is 2.44. The number of esters is 1. The fraction of sp³-hybridized carbons (Fsp3) is 0.176. The Morgan fingerprint density at radius 3 is 2.32 bits per heavy atom. The molecule has 0 saturated carbocycles. The number of rotatable bonds is 4. The van der Waals surface area contributed by atoms with Crippen molar-refractivity contribution in [3.05, 3.63) is 67.7 Å². The zero-order valence-electron chi connectivity index (χ0n) is 13.8. The number of carbonyl (C=O) groups is 2. The van der Waals surface area contributed by atoms with Crippen LogP contribution >= 0.6 is 11.6 Å². The largest absolute Gasteiger partial charge is 0.465 e. The SMILES string of the molecule is COC(=O)c1cc(C(=O)Nc2c(C)cc(C)cc2Cl)cc([N+](=O)[O-])c1. The van der Waals surface area contributed by atoms with Crippen LogP contribution in [0.25, 0.3) is 0 Å². The highest BCUT2D eigenvalue weighted by Crippen LogP contribution is 2.28. The predicted octanol–water partition coefficient (Wildman–Crippen LogP) is 3.90. The number of nitro benzene ring substituents is 1. The first-order chi connectivity index (χ1) is 11.7. The van der Waals surface area contributed by atoms with Crippen LogP contribution in [0.3, 0.4) is 0 Å². The van der Waals surface area contributed by atoms with Crippen LogP contribution in [0.15, 0.2) is 30.3 Å².